The second-order valence-electron chi connectivity index (χ2n) is 25.5. The second kappa shape index (κ2) is 84.1. The molecule has 0 bridgehead atoms. The Morgan fingerprint density at radius 1 is 0.0833 bits per heavy atom. The molecular formula is C132H176. The fourth-order valence-electron chi connectivity index (χ4n) is 12.7. The van der Waals surface area contributed by atoms with Crippen molar-refractivity contribution >= 4 is 0 Å². The van der Waals surface area contributed by atoms with Crippen molar-refractivity contribution in [1.29, 1.82) is 0 Å². The summed E-state index contributed by atoms with van der Waals surface area (Å²) in [7, 11) is 0. The van der Waals surface area contributed by atoms with Gasteiger partial charge in [-0.2, -0.15) is 0 Å². The van der Waals surface area contributed by atoms with Crippen LogP contribution in [0, 0.1) is 27.7 Å². The first-order valence-corrected chi connectivity index (χ1v) is 50.5. The Kier molecular flexibility index (Phi) is 80.1. The molecule has 0 aliphatic carbocycles. The number of hydrogen-bond acceptors (Lipinski definition) is 0. The summed E-state index contributed by atoms with van der Waals surface area (Å²) in [4.78, 5) is 0. The number of hydrogen-bond donors (Lipinski definition) is 0. The number of rotatable bonds is 12. The van der Waals surface area contributed by atoms with Gasteiger partial charge in [-0.15, -0.1) is 0 Å². The quantitative estimate of drug-likeness (QED) is 0.114. The Balaban J connectivity index is -0.000000749. The van der Waals surface area contributed by atoms with Gasteiger partial charge in [0.25, 0.3) is 0 Å². The summed E-state index contributed by atoms with van der Waals surface area (Å²) in [5.74, 6) is 0. The Bertz CT molecular complexity index is 5180. The molecule has 0 N–H and O–H groups in total. The average molecular weight is 1760 g/mol. The molecule has 0 radical (unpaired) electrons. The molecule has 0 atom stereocenters. The van der Waals surface area contributed by atoms with Crippen LogP contribution in [0.5, 0.6) is 0 Å². The van der Waals surface area contributed by atoms with Crippen molar-refractivity contribution in [3.8, 4) is 134 Å². The van der Waals surface area contributed by atoms with Crippen LogP contribution in [0.3, 0.4) is 0 Å². The highest BCUT2D eigenvalue weighted by Crippen LogP contribution is 2.38. The van der Waals surface area contributed by atoms with Gasteiger partial charge in [-0.25, -0.2) is 0 Å². The lowest BCUT2D eigenvalue weighted by Gasteiger charge is -2.13. The van der Waals surface area contributed by atoms with E-state index in [9.17, 15) is 0 Å². The summed E-state index contributed by atoms with van der Waals surface area (Å²) in [5.41, 5.74) is 35.2. The summed E-state index contributed by atoms with van der Waals surface area (Å²) >= 11 is 0. The Labute approximate surface area is 812 Å². The highest BCUT2D eigenvalue weighted by atomic mass is 14.2. The van der Waals surface area contributed by atoms with Crippen molar-refractivity contribution in [3.05, 3.63) is 435 Å². The van der Waals surface area contributed by atoms with Gasteiger partial charge in [0.2, 0.25) is 0 Å². The second-order valence-corrected chi connectivity index (χ2v) is 25.5. The van der Waals surface area contributed by atoms with Crippen molar-refractivity contribution in [1.82, 2.24) is 0 Å². The summed E-state index contributed by atoms with van der Waals surface area (Å²) in [6.45, 7) is 72.5. The molecule has 132 heavy (non-hydrogen) atoms. The van der Waals surface area contributed by atoms with Gasteiger partial charge >= 0.3 is 0 Å². The Morgan fingerprint density at radius 3 is 0.477 bits per heavy atom. The van der Waals surface area contributed by atoms with E-state index in [-0.39, 0.29) is 0 Å². The summed E-state index contributed by atoms with van der Waals surface area (Å²) in [6, 6.07) is 147. The van der Waals surface area contributed by atoms with Crippen LogP contribution in [0.1, 0.15) is 244 Å². The molecule has 0 amide bonds. The molecule has 0 saturated heterocycles. The Morgan fingerprint density at radius 2 is 0.227 bits per heavy atom. The third-order valence-corrected chi connectivity index (χ3v) is 18.2. The van der Waals surface area contributed by atoms with E-state index < -0.39 is 0 Å². The topological polar surface area (TPSA) is 0 Å². The molecule has 0 spiro atoms. The molecular weight excluding hydrogens is 1590 g/mol. The first-order chi connectivity index (χ1) is 65.2. The van der Waals surface area contributed by atoms with E-state index in [1.807, 2.05) is 222 Å². The maximum Gasteiger partial charge on any atom is -0.00992 e. The molecule has 0 aliphatic heterocycles. The summed E-state index contributed by atoms with van der Waals surface area (Å²) < 4.78 is 0. The minimum atomic E-state index is 1.24. The van der Waals surface area contributed by atoms with E-state index in [1.54, 1.807) is 0 Å². The van der Waals surface area contributed by atoms with E-state index in [0.717, 1.165) is 0 Å². The van der Waals surface area contributed by atoms with Crippen molar-refractivity contribution < 1.29 is 0 Å². The van der Waals surface area contributed by atoms with E-state index >= 15 is 0 Å². The maximum absolute atomic E-state index is 2.31. The fourth-order valence-corrected chi connectivity index (χ4v) is 12.7. The first kappa shape index (κ1) is 126. The van der Waals surface area contributed by atoms with E-state index in [1.165, 1.54) is 156 Å². The normalized spacial score (nSPS) is 8.76. The molecule has 16 aromatic carbocycles. The lowest BCUT2D eigenvalue weighted by atomic mass is 9.91. The molecule has 0 heteroatoms. The van der Waals surface area contributed by atoms with Gasteiger partial charge in [0.1, 0.15) is 0 Å². The van der Waals surface area contributed by atoms with Gasteiger partial charge < -0.3 is 0 Å². The standard InChI is InChI=1S/4C25H20.16C2H6/c1-19-9-8-14-22(15-19)25-17-23(20-10-4-2-5-11-20)16-24(18-25)21-12-6-3-7-13-21;1-19-12-14-20(15-13-19)23-16-17-24(21-8-4-2-5-9-21)25(18-23)22-10-6-3-7-11-22;1-19-7-5-10-23(17-19)25-12-6-11-24(18-25)22-15-13-21(14-16-22)20-8-3-2-4-9-20;1-19-10-12-22(13-11-19)24-8-5-9-25(18-24)23-16-14-21(15-17-23)20-6-3-2-4-7-20;16*1-2/h4*2-18H,1H3;16*1-2H3. The Hall–Kier alpha value is -12.5. The van der Waals surface area contributed by atoms with Crippen LogP contribution < -0.4 is 0 Å². The SMILES string of the molecule is CC.CC.CC.CC.CC.CC.CC.CC.CC.CC.CC.CC.CC.CC.CC.CC.Cc1ccc(-c2ccc(-c3ccccc3)c(-c3ccccc3)c2)cc1.Cc1ccc(-c2cccc(-c3ccc(-c4ccccc4)cc3)c2)cc1.Cc1cccc(-c2cc(-c3ccccc3)cc(-c3ccccc3)c2)c1.Cc1cccc(-c2cccc(-c3ccc(-c4ccccc4)cc3)c2)c1. The van der Waals surface area contributed by atoms with Crippen LogP contribution in [0.25, 0.3) is 134 Å². The molecule has 0 fully saturated rings. The van der Waals surface area contributed by atoms with Gasteiger partial charge in [0, 0.05) is 0 Å². The van der Waals surface area contributed by atoms with Gasteiger partial charge in [0.15, 0.2) is 0 Å². The summed E-state index contributed by atoms with van der Waals surface area (Å²) in [5, 5.41) is 0. The highest BCUT2D eigenvalue weighted by molar-refractivity contribution is 5.88. The van der Waals surface area contributed by atoms with Crippen LogP contribution in [-0.4, -0.2) is 0 Å². The lowest BCUT2D eigenvalue weighted by molar-refractivity contribution is 1.46. The van der Waals surface area contributed by atoms with E-state index in [2.05, 4.69) is 440 Å². The smallest absolute Gasteiger partial charge is 0.00992 e. The van der Waals surface area contributed by atoms with Crippen molar-refractivity contribution in [2.45, 2.75) is 249 Å². The molecule has 0 saturated carbocycles. The van der Waals surface area contributed by atoms with Crippen molar-refractivity contribution in [3.63, 3.8) is 0 Å². The highest BCUT2D eigenvalue weighted by Gasteiger charge is 2.12. The van der Waals surface area contributed by atoms with Gasteiger partial charge in [-0.3, -0.25) is 0 Å². The minimum Gasteiger partial charge on any atom is -0.0683 e. The molecule has 0 aliphatic rings. The maximum atomic E-state index is 2.31. The van der Waals surface area contributed by atoms with Crippen molar-refractivity contribution in [2.24, 2.45) is 0 Å². The minimum absolute atomic E-state index is 1.24. The lowest BCUT2D eigenvalue weighted by Crippen LogP contribution is -1.87. The summed E-state index contributed by atoms with van der Waals surface area (Å²) in [6.07, 6.45) is 0. The molecule has 704 valence electrons. The molecule has 0 nitrogen and oxygen atoms in total. The van der Waals surface area contributed by atoms with E-state index in [4.69, 9.17) is 0 Å². The molecule has 16 aromatic rings. The van der Waals surface area contributed by atoms with E-state index in [0.29, 0.717) is 0 Å². The first-order valence-electron chi connectivity index (χ1n) is 50.5. The van der Waals surface area contributed by atoms with Crippen LogP contribution in [-0.2, 0) is 0 Å². The third-order valence-electron chi connectivity index (χ3n) is 18.2. The van der Waals surface area contributed by atoms with Crippen LogP contribution in [0.2, 0.25) is 0 Å². The largest absolute Gasteiger partial charge is 0.0683 e. The third kappa shape index (κ3) is 44.9. The predicted molar refractivity (Wildman–Crippen MR) is 612 cm³/mol. The number of benzene rings is 16. The molecule has 0 heterocycles. The van der Waals surface area contributed by atoms with Gasteiger partial charge in [-0.1, -0.05) is 620 Å². The van der Waals surface area contributed by atoms with Crippen LogP contribution in [0.15, 0.2) is 413 Å². The average Bonchev–Trinajstić information content (AvgIpc) is 0.803. The van der Waals surface area contributed by atoms with Crippen molar-refractivity contribution in [2.75, 3.05) is 0 Å². The predicted octanol–water partition coefficient (Wildman–Crippen LogP) is 44.4. The molecule has 0 aromatic heterocycles. The molecule has 0 unspecified atom stereocenters. The fraction of sp³-hybridized carbons (Fsp3) is 0.273. The van der Waals surface area contributed by atoms with Gasteiger partial charge in [0.05, 0.1) is 0 Å². The van der Waals surface area contributed by atoms with Gasteiger partial charge in [-0.05, 0) is 198 Å². The zero-order valence-corrected chi connectivity index (χ0v) is 89.3. The van der Waals surface area contributed by atoms with Crippen LogP contribution in [0.4, 0.5) is 0 Å². The zero-order chi connectivity index (χ0) is 100. The molecule has 16 rings (SSSR count). The monoisotopic (exact) mass is 1760 g/mol. The van der Waals surface area contributed by atoms with Crippen LogP contribution >= 0.6 is 0 Å². The number of aryl methyl sites for hydroxylation is 4. The zero-order valence-electron chi connectivity index (χ0n) is 89.3.